The van der Waals surface area contributed by atoms with Gasteiger partial charge in [-0.1, -0.05) is 23.2 Å². The number of halogens is 2. The first-order chi connectivity index (χ1) is 6.56. The van der Waals surface area contributed by atoms with Crippen molar-refractivity contribution in [2.45, 2.75) is 13.0 Å². The van der Waals surface area contributed by atoms with Gasteiger partial charge in [-0.15, -0.1) is 0 Å². The SMILES string of the molecule is CNC(C)C(=O)c1cc(Cl)ccc1Cl. The second-order valence-corrected chi connectivity index (χ2v) is 3.84. The smallest absolute Gasteiger partial charge is 0.180 e. The van der Waals surface area contributed by atoms with Crippen LogP contribution in [0.5, 0.6) is 0 Å². The van der Waals surface area contributed by atoms with Gasteiger partial charge in [0, 0.05) is 10.6 Å². The number of hydrogen-bond acceptors (Lipinski definition) is 2. The van der Waals surface area contributed by atoms with Crippen molar-refractivity contribution >= 4 is 29.0 Å². The molecule has 0 saturated heterocycles. The normalized spacial score (nSPS) is 12.6. The molecule has 76 valence electrons. The second kappa shape index (κ2) is 4.78. The van der Waals surface area contributed by atoms with Crippen LogP contribution in [0.15, 0.2) is 18.2 Å². The Kier molecular flexibility index (Phi) is 3.93. The van der Waals surface area contributed by atoms with Crippen molar-refractivity contribution in [3.8, 4) is 0 Å². The highest BCUT2D eigenvalue weighted by molar-refractivity contribution is 6.36. The van der Waals surface area contributed by atoms with Gasteiger partial charge in [-0.3, -0.25) is 4.79 Å². The van der Waals surface area contributed by atoms with Crippen LogP contribution in [-0.4, -0.2) is 18.9 Å². The zero-order valence-electron chi connectivity index (χ0n) is 7.97. The fraction of sp³-hybridized carbons (Fsp3) is 0.300. The largest absolute Gasteiger partial charge is 0.310 e. The molecule has 2 nitrogen and oxygen atoms in total. The van der Waals surface area contributed by atoms with E-state index in [1.54, 1.807) is 32.2 Å². The Morgan fingerprint density at radius 1 is 1.43 bits per heavy atom. The number of hydrogen-bond donors (Lipinski definition) is 1. The van der Waals surface area contributed by atoms with Crippen molar-refractivity contribution in [1.29, 1.82) is 0 Å². The van der Waals surface area contributed by atoms with E-state index in [4.69, 9.17) is 23.2 Å². The summed E-state index contributed by atoms with van der Waals surface area (Å²) in [6.45, 7) is 1.78. The minimum absolute atomic E-state index is 0.0556. The van der Waals surface area contributed by atoms with Gasteiger partial charge >= 0.3 is 0 Å². The number of carbonyl (C=O) groups excluding carboxylic acids is 1. The van der Waals surface area contributed by atoms with Crippen LogP contribution in [0.4, 0.5) is 0 Å². The molecule has 0 aromatic heterocycles. The van der Waals surface area contributed by atoms with Crippen LogP contribution in [-0.2, 0) is 0 Å². The van der Waals surface area contributed by atoms with Crippen LogP contribution in [0, 0.1) is 0 Å². The van der Waals surface area contributed by atoms with Gasteiger partial charge in [-0.2, -0.15) is 0 Å². The molecule has 0 bridgehead atoms. The molecule has 1 aromatic carbocycles. The number of carbonyl (C=O) groups is 1. The summed E-state index contributed by atoms with van der Waals surface area (Å²) in [5, 5.41) is 3.81. The molecule has 1 unspecified atom stereocenters. The van der Waals surface area contributed by atoms with Gasteiger partial charge in [0.2, 0.25) is 0 Å². The van der Waals surface area contributed by atoms with Gasteiger partial charge in [0.05, 0.1) is 11.1 Å². The van der Waals surface area contributed by atoms with E-state index in [2.05, 4.69) is 5.32 Å². The first-order valence-corrected chi connectivity index (χ1v) is 4.98. The minimum atomic E-state index is -0.258. The maximum absolute atomic E-state index is 11.7. The summed E-state index contributed by atoms with van der Waals surface area (Å²) in [6, 6.07) is 4.61. The van der Waals surface area contributed by atoms with Gasteiger partial charge in [0.25, 0.3) is 0 Å². The lowest BCUT2D eigenvalue weighted by Gasteiger charge is -2.10. The Morgan fingerprint density at radius 2 is 2.07 bits per heavy atom. The zero-order valence-corrected chi connectivity index (χ0v) is 9.49. The summed E-state index contributed by atoms with van der Waals surface area (Å²) in [5.41, 5.74) is 0.459. The molecular formula is C10H11Cl2NO. The number of rotatable bonds is 3. The number of likely N-dealkylation sites (N-methyl/N-ethyl adjacent to an activating group) is 1. The van der Waals surface area contributed by atoms with E-state index in [1.807, 2.05) is 0 Å². The van der Waals surface area contributed by atoms with E-state index in [9.17, 15) is 4.79 Å². The molecule has 1 rings (SSSR count). The lowest BCUT2D eigenvalue weighted by Crippen LogP contribution is -2.30. The molecule has 0 spiro atoms. The van der Waals surface area contributed by atoms with Crippen molar-refractivity contribution in [2.24, 2.45) is 0 Å². The van der Waals surface area contributed by atoms with Crippen LogP contribution in [0.1, 0.15) is 17.3 Å². The minimum Gasteiger partial charge on any atom is -0.310 e. The molecule has 0 aliphatic carbocycles. The molecule has 1 atom stereocenters. The predicted molar refractivity (Wildman–Crippen MR) is 59.3 cm³/mol. The van der Waals surface area contributed by atoms with Crippen LogP contribution in [0.3, 0.4) is 0 Å². The van der Waals surface area contributed by atoms with Crippen molar-refractivity contribution in [3.63, 3.8) is 0 Å². The summed E-state index contributed by atoms with van der Waals surface area (Å²) in [6.07, 6.45) is 0. The number of benzene rings is 1. The Balaban J connectivity index is 3.06. The Bertz CT molecular complexity index is 352. The molecule has 0 amide bonds. The van der Waals surface area contributed by atoms with Crippen LogP contribution < -0.4 is 5.32 Å². The molecule has 0 saturated carbocycles. The summed E-state index contributed by atoms with van der Waals surface area (Å²) in [7, 11) is 1.72. The van der Waals surface area contributed by atoms with E-state index in [0.29, 0.717) is 15.6 Å². The summed E-state index contributed by atoms with van der Waals surface area (Å²) >= 11 is 11.7. The molecule has 0 heterocycles. The Labute approximate surface area is 93.2 Å². The van der Waals surface area contributed by atoms with Crippen molar-refractivity contribution in [1.82, 2.24) is 5.32 Å². The summed E-state index contributed by atoms with van der Waals surface area (Å²) < 4.78 is 0. The third kappa shape index (κ3) is 2.47. The quantitative estimate of drug-likeness (QED) is 0.812. The Morgan fingerprint density at radius 3 is 2.64 bits per heavy atom. The lowest BCUT2D eigenvalue weighted by atomic mass is 10.1. The molecule has 4 heteroatoms. The third-order valence-corrected chi connectivity index (χ3v) is 2.58. The zero-order chi connectivity index (χ0) is 10.7. The predicted octanol–water partition coefficient (Wildman–Crippen LogP) is 2.78. The maximum Gasteiger partial charge on any atom is 0.180 e. The molecule has 0 radical (unpaired) electrons. The first-order valence-electron chi connectivity index (χ1n) is 4.22. The fourth-order valence-electron chi connectivity index (χ4n) is 1.05. The number of Topliss-reactive ketones (excluding diaryl/α,β-unsaturated/α-hetero) is 1. The van der Waals surface area contributed by atoms with Gasteiger partial charge in [-0.25, -0.2) is 0 Å². The van der Waals surface area contributed by atoms with Crippen LogP contribution in [0.25, 0.3) is 0 Å². The van der Waals surface area contributed by atoms with Crippen LogP contribution in [0.2, 0.25) is 10.0 Å². The fourth-order valence-corrected chi connectivity index (χ4v) is 1.43. The van der Waals surface area contributed by atoms with Crippen molar-refractivity contribution in [3.05, 3.63) is 33.8 Å². The molecule has 0 aliphatic rings. The monoisotopic (exact) mass is 231 g/mol. The highest BCUT2D eigenvalue weighted by Crippen LogP contribution is 2.21. The number of nitrogens with one attached hydrogen (secondary N) is 1. The maximum atomic E-state index is 11.7. The number of ketones is 1. The molecule has 0 fully saturated rings. The molecule has 1 aromatic rings. The van der Waals surface area contributed by atoms with Gasteiger partial charge in [-0.05, 0) is 32.2 Å². The van der Waals surface area contributed by atoms with Crippen LogP contribution >= 0.6 is 23.2 Å². The Hall–Kier alpha value is -0.570. The molecular weight excluding hydrogens is 221 g/mol. The molecule has 1 N–H and O–H groups in total. The highest BCUT2D eigenvalue weighted by atomic mass is 35.5. The molecule has 0 aliphatic heterocycles. The summed E-state index contributed by atoms with van der Waals surface area (Å²) in [5.74, 6) is -0.0556. The standard InChI is InChI=1S/C10H11Cl2NO/c1-6(13-2)10(14)8-5-7(11)3-4-9(8)12/h3-6,13H,1-2H3. The van der Waals surface area contributed by atoms with Crippen molar-refractivity contribution < 1.29 is 4.79 Å². The molecule has 14 heavy (non-hydrogen) atoms. The lowest BCUT2D eigenvalue weighted by molar-refractivity contribution is 0.0955. The van der Waals surface area contributed by atoms with E-state index in [0.717, 1.165) is 0 Å². The first kappa shape index (κ1) is 11.5. The second-order valence-electron chi connectivity index (χ2n) is 3.00. The van der Waals surface area contributed by atoms with Gasteiger partial charge in [0.1, 0.15) is 0 Å². The third-order valence-electron chi connectivity index (χ3n) is 2.02. The average molecular weight is 232 g/mol. The van der Waals surface area contributed by atoms with E-state index in [1.165, 1.54) is 0 Å². The topological polar surface area (TPSA) is 29.1 Å². The average Bonchev–Trinajstić information content (AvgIpc) is 2.19. The van der Waals surface area contributed by atoms with E-state index < -0.39 is 0 Å². The van der Waals surface area contributed by atoms with Gasteiger partial charge < -0.3 is 5.32 Å². The van der Waals surface area contributed by atoms with Crippen molar-refractivity contribution in [2.75, 3.05) is 7.05 Å². The van der Waals surface area contributed by atoms with E-state index in [-0.39, 0.29) is 11.8 Å². The summed E-state index contributed by atoms with van der Waals surface area (Å²) in [4.78, 5) is 11.7. The highest BCUT2D eigenvalue weighted by Gasteiger charge is 2.16. The van der Waals surface area contributed by atoms with Gasteiger partial charge in [0.15, 0.2) is 5.78 Å². The van der Waals surface area contributed by atoms with E-state index >= 15 is 0 Å².